The quantitative estimate of drug-likeness (QED) is 0.440. The van der Waals surface area contributed by atoms with Gasteiger partial charge in [-0.25, -0.2) is 0 Å². The third kappa shape index (κ3) is 4.05. The standard InChI is InChI=1S/C26H25N3O2/c30-22-13-15-29(16-14-22)21-11-9-20(10-12-21)28-26(31)19-7-5-18(6-8-19)24-17-27-25-4-2-1-3-23(24)25/h1-12,17,22,27,30H,13-16H2,(H,28,31). The first-order chi connectivity index (χ1) is 15.2. The van der Waals surface area contributed by atoms with Gasteiger partial charge in [-0.3, -0.25) is 4.79 Å². The normalized spacial score (nSPS) is 14.7. The van der Waals surface area contributed by atoms with E-state index in [-0.39, 0.29) is 12.0 Å². The summed E-state index contributed by atoms with van der Waals surface area (Å²) in [6.07, 6.45) is 3.42. The van der Waals surface area contributed by atoms with Crippen molar-refractivity contribution >= 4 is 28.2 Å². The van der Waals surface area contributed by atoms with Crippen molar-refractivity contribution in [2.24, 2.45) is 0 Å². The number of anilines is 2. The van der Waals surface area contributed by atoms with Gasteiger partial charge in [-0.05, 0) is 60.9 Å². The summed E-state index contributed by atoms with van der Waals surface area (Å²) in [4.78, 5) is 18.2. The van der Waals surface area contributed by atoms with Gasteiger partial charge in [0.1, 0.15) is 0 Å². The van der Waals surface area contributed by atoms with Crippen molar-refractivity contribution in [1.29, 1.82) is 0 Å². The van der Waals surface area contributed by atoms with Gasteiger partial charge in [0.15, 0.2) is 0 Å². The predicted octanol–water partition coefficient (Wildman–Crippen LogP) is 5.05. The first kappa shape index (κ1) is 19.4. The first-order valence-electron chi connectivity index (χ1n) is 10.7. The second-order valence-corrected chi connectivity index (χ2v) is 8.04. The highest BCUT2D eigenvalue weighted by molar-refractivity contribution is 6.05. The second-order valence-electron chi connectivity index (χ2n) is 8.04. The topological polar surface area (TPSA) is 68.4 Å². The Morgan fingerprint density at radius 3 is 2.39 bits per heavy atom. The number of aromatic nitrogens is 1. The van der Waals surface area contributed by atoms with E-state index in [1.165, 1.54) is 5.39 Å². The van der Waals surface area contributed by atoms with Crippen LogP contribution in [0.2, 0.25) is 0 Å². The monoisotopic (exact) mass is 411 g/mol. The number of benzene rings is 3. The molecule has 4 aromatic rings. The predicted molar refractivity (Wildman–Crippen MR) is 126 cm³/mol. The number of rotatable bonds is 4. The van der Waals surface area contributed by atoms with Gasteiger partial charge in [0, 0.05) is 52.7 Å². The fourth-order valence-corrected chi connectivity index (χ4v) is 4.19. The lowest BCUT2D eigenvalue weighted by atomic mass is 10.0. The average molecular weight is 412 g/mol. The highest BCUT2D eigenvalue weighted by atomic mass is 16.3. The van der Waals surface area contributed by atoms with Gasteiger partial charge < -0.3 is 20.3 Å². The van der Waals surface area contributed by atoms with Gasteiger partial charge in [0.25, 0.3) is 5.91 Å². The van der Waals surface area contributed by atoms with Crippen LogP contribution < -0.4 is 10.2 Å². The SMILES string of the molecule is O=C(Nc1ccc(N2CCC(O)CC2)cc1)c1ccc(-c2c[nH]c3ccccc23)cc1. The summed E-state index contributed by atoms with van der Waals surface area (Å²) < 4.78 is 0. The van der Waals surface area contributed by atoms with Crippen LogP contribution in [0.15, 0.2) is 79.0 Å². The second kappa shape index (κ2) is 8.28. The summed E-state index contributed by atoms with van der Waals surface area (Å²) >= 11 is 0. The Balaban J connectivity index is 1.26. The third-order valence-corrected chi connectivity index (χ3v) is 6.00. The van der Waals surface area contributed by atoms with Crippen LogP contribution >= 0.6 is 0 Å². The van der Waals surface area contributed by atoms with Crippen molar-refractivity contribution in [3.8, 4) is 11.1 Å². The Bertz CT molecular complexity index is 1190. The van der Waals surface area contributed by atoms with E-state index < -0.39 is 0 Å². The van der Waals surface area contributed by atoms with Gasteiger partial charge in [-0.2, -0.15) is 0 Å². The number of carbonyl (C=O) groups excluding carboxylic acids is 1. The number of nitrogens with one attached hydrogen (secondary N) is 2. The summed E-state index contributed by atoms with van der Waals surface area (Å²) in [7, 11) is 0. The minimum atomic E-state index is -0.183. The molecule has 1 aromatic heterocycles. The number of hydrogen-bond donors (Lipinski definition) is 3. The number of aliphatic hydroxyl groups is 1. The molecule has 1 amide bonds. The van der Waals surface area contributed by atoms with Gasteiger partial charge in [0.05, 0.1) is 6.10 Å². The van der Waals surface area contributed by atoms with Crippen molar-refractivity contribution < 1.29 is 9.90 Å². The van der Waals surface area contributed by atoms with Gasteiger partial charge in [-0.1, -0.05) is 30.3 Å². The Morgan fingerprint density at radius 2 is 1.65 bits per heavy atom. The van der Waals surface area contributed by atoms with Crippen molar-refractivity contribution in [2.45, 2.75) is 18.9 Å². The summed E-state index contributed by atoms with van der Waals surface area (Å²) in [6, 6.07) is 23.8. The zero-order valence-corrected chi connectivity index (χ0v) is 17.2. The minimum absolute atomic E-state index is 0.126. The zero-order valence-electron chi connectivity index (χ0n) is 17.2. The zero-order chi connectivity index (χ0) is 21.2. The first-order valence-corrected chi connectivity index (χ1v) is 10.7. The maximum Gasteiger partial charge on any atom is 0.255 e. The fourth-order valence-electron chi connectivity index (χ4n) is 4.19. The van der Waals surface area contributed by atoms with Crippen molar-refractivity contribution in [2.75, 3.05) is 23.3 Å². The molecule has 1 fully saturated rings. The summed E-state index contributed by atoms with van der Waals surface area (Å²) in [5, 5.41) is 13.8. The molecule has 5 rings (SSSR count). The van der Waals surface area contributed by atoms with E-state index in [0.29, 0.717) is 5.56 Å². The van der Waals surface area contributed by atoms with Crippen molar-refractivity contribution in [3.63, 3.8) is 0 Å². The molecule has 0 atom stereocenters. The van der Waals surface area contributed by atoms with E-state index in [0.717, 1.165) is 53.9 Å². The summed E-state index contributed by atoms with van der Waals surface area (Å²) in [6.45, 7) is 1.71. The molecule has 3 aromatic carbocycles. The van der Waals surface area contributed by atoms with E-state index in [1.807, 2.05) is 66.9 Å². The molecule has 1 aliphatic heterocycles. The molecule has 1 saturated heterocycles. The smallest absolute Gasteiger partial charge is 0.255 e. The molecule has 31 heavy (non-hydrogen) atoms. The molecule has 5 heteroatoms. The Morgan fingerprint density at radius 1 is 0.935 bits per heavy atom. The molecule has 3 N–H and O–H groups in total. The maximum atomic E-state index is 12.7. The molecule has 156 valence electrons. The number of para-hydroxylation sites is 1. The molecule has 1 aliphatic rings. The number of carbonyl (C=O) groups is 1. The van der Waals surface area contributed by atoms with E-state index >= 15 is 0 Å². The molecule has 0 unspecified atom stereocenters. The van der Waals surface area contributed by atoms with Gasteiger partial charge in [-0.15, -0.1) is 0 Å². The molecular weight excluding hydrogens is 386 g/mol. The lowest BCUT2D eigenvalue weighted by Gasteiger charge is -2.31. The number of piperidine rings is 1. The summed E-state index contributed by atoms with van der Waals surface area (Å²) in [5.41, 5.74) is 5.81. The molecule has 0 saturated carbocycles. The van der Waals surface area contributed by atoms with Crippen LogP contribution in [-0.2, 0) is 0 Å². The van der Waals surface area contributed by atoms with Crippen LogP contribution in [0, 0.1) is 0 Å². The average Bonchev–Trinajstić information content (AvgIpc) is 3.24. The molecule has 2 heterocycles. The van der Waals surface area contributed by atoms with Crippen molar-refractivity contribution in [1.82, 2.24) is 4.98 Å². The highest BCUT2D eigenvalue weighted by Crippen LogP contribution is 2.29. The maximum absolute atomic E-state index is 12.7. The number of hydrogen-bond acceptors (Lipinski definition) is 3. The number of aromatic amines is 1. The Hall–Kier alpha value is -3.57. The van der Waals surface area contributed by atoms with E-state index in [4.69, 9.17) is 0 Å². The number of H-pyrrole nitrogens is 1. The third-order valence-electron chi connectivity index (χ3n) is 6.00. The number of nitrogens with zero attached hydrogens (tertiary/aromatic N) is 1. The van der Waals surface area contributed by atoms with Crippen LogP contribution in [0.3, 0.4) is 0 Å². The highest BCUT2D eigenvalue weighted by Gasteiger charge is 2.17. The minimum Gasteiger partial charge on any atom is -0.393 e. The van der Waals surface area contributed by atoms with Crippen LogP contribution in [0.1, 0.15) is 23.2 Å². The lowest BCUT2D eigenvalue weighted by Crippen LogP contribution is -2.35. The van der Waals surface area contributed by atoms with E-state index in [1.54, 1.807) is 0 Å². The molecular formula is C26H25N3O2. The van der Waals surface area contributed by atoms with E-state index in [2.05, 4.69) is 27.3 Å². The fraction of sp³-hybridized carbons (Fsp3) is 0.192. The number of fused-ring (bicyclic) bond motifs is 1. The largest absolute Gasteiger partial charge is 0.393 e. The Labute approximate surface area is 181 Å². The lowest BCUT2D eigenvalue weighted by molar-refractivity contribution is 0.102. The van der Waals surface area contributed by atoms with Gasteiger partial charge in [0.2, 0.25) is 0 Å². The molecule has 0 spiro atoms. The molecule has 0 bridgehead atoms. The van der Waals surface area contributed by atoms with Crippen LogP contribution in [0.4, 0.5) is 11.4 Å². The van der Waals surface area contributed by atoms with Crippen LogP contribution in [0.25, 0.3) is 22.0 Å². The molecule has 0 radical (unpaired) electrons. The molecule has 5 nitrogen and oxygen atoms in total. The molecule has 0 aliphatic carbocycles. The van der Waals surface area contributed by atoms with E-state index in [9.17, 15) is 9.90 Å². The van der Waals surface area contributed by atoms with Gasteiger partial charge >= 0.3 is 0 Å². The number of amides is 1. The summed E-state index contributed by atoms with van der Waals surface area (Å²) in [5.74, 6) is -0.126. The van der Waals surface area contributed by atoms with Crippen molar-refractivity contribution in [3.05, 3.63) is 84.6 Å². The Kier molecular flexibility index (Phi) is 5.18. The number of aliphatic hydroxyl groups excluding tert-OH is 1. The van der Waals surface area contributed by atoms with Crippen LogP contribution in [0.5, 0.6) is 0 Å². The van der Waals surface area contributed by atoms with Crippen LogP contribution in [-0.4, -0.2) is 35.2 Å².